The van der Waals surface area contributed by atoms with Crippen LogP contribution in [-0.2, 0) is 14.9 Å². The predicted molar refractivity (Wildman–Crippen MR) is 49.0 cm³/mol. The van der Waals surface area contributed by atoms with Crippen molar-refractivity contribution in [1.82, 2.24) is 0 Å². The van der Waals surface area contributed by atoms with E-state index in [1.54, 1.807) is 0 Å². The molecule has 0 aliphatic heterocycles. The fourth-order valence-corrected chi connectivity index (χ4v) is 2.43. The van der Waals surface area contributed by atoms with E-state index >= 15 is 0 Å². The maximum atomic E-state index is 10.4. The lowest BCUT2D eigenvalue weighted by Crippen LogP contribution is -2.06. The molecule has 72 valence electrons. The monoisotopic (exact) mass is 212 g/mol. The van der Waals surface area contributed by atoms with Crippen LogP contribution in [0, 0.1) is 0 Å². The fraction of sp³-hybridized carbons (Fsp3) is 0.833. The zero-order chi connectivity index (χ0) is 9.61. The molecular formula is C6H12O4S2. The highest BCUT2D eigenvalue weighted by molar-refractivity contribution is 8.00. The van der Waals surface area contributed by atoms with E-state index in [9.17, 15) is 13.2 Å². The Kier molecular flexibility index (Phi) is 5.52. The summed E-state index contributed by atoms with van der Waals surface area (Å²) in [6.45, 7) is 1.49. The van der Waals surface area contributed by atoms with Crippen LogP contribution in [0.2, 0.25) is 0 Å². The Hall–Kier alpha value is -0.0700. The summed E-state index contributed by atoms with van der Waals surface area (Å²) in [4.78, 5) is 10.4. The molecule has 0 aromatic carbocycles. The molecule has 0 radical (unpaired) electrons. The van der Waals surface area contributed by atoms with E-state index < -0.39 is 10.1 Å². The van der Waals surface area contributed by atoms with Crippen molar-refractivity contribution in [2.24, 2.45) is 0 Å². The van der Waals surface area contributed by atoms with Gasteiger partial charge < -0.3 is 0 Å². The summed E-state index contributed by atoms with van der Waals surface area (Å²) >= 11 is 1.35. The summed E-state index contributed by atoms with van der Waals surface area (Å²) in [6.07, 6.45) is 0.455. The van der Waals surface area contributed by atoms with Crippen molar-refractivity contribution >= 4 is 27.7 Å². The summed E-state index contributed by atoms with van der Waals surface area (Å²) in [5, 5.41) is 0. The highest BCUT2D eigenvalue weighted by atomic mass is 32.2. The Balaban J connectivity index is 3.29. The van der Waals surface area contributed by atoms with Gasteiger partial charge in [-0.15, -0.1) is 0 Å². The summed E-state index contributed by atoms with van der Waals surface area (Å²) in [5.74, 6) is 0.807. The number of hydrogen-bond acceptors (Lipinski definition) is 4. The molecule has 0 aliphatic rings. The van der Waals surface area contributed by atoms with E-state index in [0.29, 0.717) is 17.9 Å². The van der Waals surface area contributed by atoms with Gasteiger partial charge in [0.15, 0.2) is 0 Å². The molecule has 12 heavy (non-hydrogen) atoms. The van der Waals surface area contributed by atoms with Crippen LogP contribution >= 0.6 is 11.8 Å². The van der Waals surface area contributed by atoms with Crippen LogP contribution in [0.4, 0.5) is 0 Å². The lowest BCUT2D eigenvalue weighted by atomic mass is 10.4. The van der Waals surface area contributed by atoms with E-state index in [2.05, 4.69) is 0 Å². The van der Waals surface area contributed by atoms with E-state index in [4.69, 9.17) is 4.55 Å². The Morgan fingerprint density at radius 1 is 1.42 bits per heavy atom. The highest BCUT2D eigenvalue weighted by Gasteiger charge is 2.03. The number of hydrogen-bond donors (Lipinski definition) is 1. The fourth-order valence-electron chi connectivity index (χ4n) is 0.482. The number of rotatable bonds is 6. The molecule has 0 rings (SSSR count). The quantitative estimate of drug-likeness (QED) is 0.515. The number of carbonyl (C=O) groups is 1. The van der Waals surface area contributed by atoms with Gasteiger partial charge in [-0.25, -0.2) is 0 Å². The molecule has 0 aromatic rings. The molecule has 0 atom stereocenters. The van der Waals surface area contributed by atoms with E-state index in [0.717, 1.165) is 0 Å². The summed E-state index contributed by atoms with van der Waals surface area (Å²) < 4.78 is 28.7. The Labute approximate surface area is 76.5 Å². The molecule has 0 unspecified atom stereocenters. The first-order chi connectivity index (χ1) is 5.42. The third-order valence-corrected chi connectivity index (χ3v) is 3.05. The molecule has 0 heterocycles. The van der Waals surface area contributed by atoms with Crippen LogP contribution in [0.3, 0.4) is 0 Å². The number of carbonyl (C=O) groups excluding carboxylic acids is 1. The maximum absolute atomic E-state index is 10.4. The molecule has 0 bridgehead atoms. The normalized spacial score (nSPS) is 11.5. The first-order valence-electron chi connectivity index (χ1n) is 3.44. The van der Waals surface area contributed by atoms with Gasteiger partial charge in [-0.2, -0.15) is 20.2 Å². The number of ketones is 1. The van der Waals surface area contributed by atoms with Crippen molar-refractivity contribution in [2.75, 3.05) is 17.3 Å². The van der Waals surface area contributed by atoms with E-state index in [1.807, 2.05) is 0 Å². The van der Waals surface area contributed by atoms with Gasteiger partial charge in [0.1, 0.15) is 5.78 Å². The summed E-state index contributed by atoms with van der Waals surface area (Å²) in [7, 11) is -3.83. The van der Waals surface area contributed by atoms with E-state index in [-0.39, 0.29) is 11.5 Å². The number of Topliss-reactive ketones (excluding diaryl/α,β-unsaturated/α-hetero) is 1. The van der Waals surface area contributed by atoms with E-state index in [1.165, 1.54) is 18.7 Å². The van der Waals surface area contributed by atoms with Crippen LogP contribution in [0.5, 0.6) is 0 Å². The second-order valence-corrected chi connectivity index (χ2v) is 5.15. The largest absolute Gasteiger partial charge is 0.300 e. The lowest BCUT2D eigenvalue weighted by Gasteiger charge is -1.97. The molecule has 0 saturated carbocycles. The minimum atomic E-state index is -3.83. The third kappa shape index (κ3) is 9.93. The predicted octanol–water partition coefficient (Wildman–Crippen LogP) is 0.587. The molecule has 0 aliphatic carbocycles. The van der Waals surface area contributed by atoms with Crippen LogP contribution in [0.25, 0.3) is 0 Å². The maximum Gasteiger partial charge on any atom is 0.265 e. The molecule has 0 saturated heterocycles. The standard InChI is InChI=1S/C6H12O4S2/c1-6(7)2-3-11-4-5-12(8,9)10/h2-5H2,1H3,(H,8,9,10). The average Bonchev–Trinajstić information content (AvgIpc) is 1.83. The van der Waals surface area contributed by atoms with Gasteiger partial charge in [-0.05, 0) is 6.92 Å². The van der Waals surface area contributed by atoms with Crippen LogP contribution in [-0.4, -0.2) is 36.0 Å². The molecule has 0 spiro atoms. The molecule has 4 nitrogen and oxygen atoms in total. The Morgan fingerprint density at radius 2 is 2.00 bits per heavy atom. The topological polar surface area (TPSA) is 71.4 Å². The van der Waals surface area contributed by atoms with Gasteiger partial charge in [0.05, 0.1) is 5.75 Å². The molecule has 0 amide bonds. The van der Waals surface area contributed by atoms with Gasteiger partial charge >= 0.3 is 0 Å². The van der Waals surface area contributed by atoms with Gasteiger partial charge in [0.25, 0.3) is 10.1 Å². The molecule has 0 aromatic heterocycles. The van der Waals surface area contributed by atoms with Gasteiger partial charge in [0.2, 0.25) is 0 Å². The molecule has 1 N–H and O–H groups in total. The first-order valence-corrected chi connectivity index (χ1v) is 6.20. The summed E-state index contributed by atoms with van der Waals surface area (Å²) in [5.41, 5.74) is 0. The van der Waals surface area contributed by atoms with Gasteiger partial charge in [0, 0.05) is 17.9 Å². The highest BCUT2D eigenvalue weighted by Crippen LogP contribution is 2.03. The van der Waals surface area contributed by atoms with Crippen molar-refractivity contribution in [3.63, 3.8) is 0 Å². The zero-order valence-corrected chi connectivity index (χ0v) is 8.45. The second kappa shape index (κ2) is 5.55. The van der Waals surface area contributed by atoms with Crippen LogP contribution in [0.1, 0.15) is 13.3 Å². The molecule has 6 heteroatoms. The lowest BCUT2D eigenvalue weighted by molar-refractivity contribution is -0.116. The Morgan fingerprint density at radius 3 is 2.42 bits per heavy atom. The third-order valence-electron chi connectivity index (χ3n) is 1.08. The minimum Gasteiger partial charge on any atom is -0.300 e. The molecule has 0 fully saturated rings. The SMILES string of the molecule is CC(=O)CCSCCS(=O)(=O)O. The zero-order valence-electron chi connectivity index (χ0n) is 6.82. The van der Waals surface area contributed by atoms with Crippen molar-refractivity contribution in [1.29, 1.82) is 0 Å². The van der Waals surface area contributed by atoms with Crippen LogP contribution < -0.4 is 0 Å². The van der Waals surface area contributed by atoms with Crippen molar-refractivity contribution in [2.45, 2.75) is 13.3 Å². The smallest absolute Gasteiger partial charge is 0.265 e. The van der Waals surface area contributed by atoms with Crippen molar-refractivity contribution < 1.29 is 17.8 Å². The first kappa shape index (κ1) is 11.9. The number of thioether (sulfide) groups is 1. The van der Waals surface area contributed by atoms with Gasteiger partial charge in [-0.1, -0.05) is 0 Å². The average molecular weight is 212 g/mol. The van der Waals surface area contributed by atoms with Crippen molar-refractivity contribution in [3.05, 3.63) is 0 Å². The van der Waals surface area contributed by atoms with Gasteiger partial charge in [-0.3, -0.25) is 9.35 Å². The van der Waals surface area contributed by atoms with Crippen molar-refractivity contribution in [3.8, 4) is 0 Å². The summed E-state index contributed by atoms with van der Waals surface area (Å²) in [6, 6.07) is 0. The molecular weight excluding hydrogens is 200 g/mol. The second-order valence-electron chi connectivity index (χ2n) is 2.35. The minimum absolute atomic E-state index is 0.0920. The van der Waals surface area contributed by atoms with Crippen LogP contribution in [0.15, 0.2) is 0 Å². The Bertz CT molecular complexity index is 232.